The van der Waals surface area contributed by atoms with E-state index >= 15 is 0 Å². The molecule has 0 saturated heterocycles. The molecule has 2 rings (SSSR count). The summed E-state index contributed by atoms with van der Waals surface area (Å²) in [5, 5.41) is 3.46. The Bertz CT molecular complexity index is 485. The molecule has 4 nitrogen and oxygen atoms in total. The molecule has 0 aliphatic heterocycles. The van der Waals surface area contributed by atoms with Gasteiger partial charge in [-0.15, -0.1) is 0 Å². The Labute approximate surface area is 121 Å². The SMILES string of the molecule is COc1ccc2c(c1)CCCC2NC(C)C(=O)N(C)C. The molecule has 0 radical (unpaired) electrons. The van der Waals surface area contributed by atoms with Gasteiger partial charge in [0.2, 0.25) is 5.91 Å². The molecule has 110 valence electrons. The number of rotatable bonds is 4. The highest BCUT2D eigenvalue weighted by Gasteiger charge is 2.24. The van der Waals surface area contributed by atoms with Gasteiger partial charge in [0.15, 0.2) is 0 Å². The predicted molar refractivity (Wildman–Crippen MR) is 80.0 cm³/mol. The molecule has 0 spiro atoms. The Hall–Kier alpha value is -1.55. The van der Waals surface area contributed by atoms with Crippen LogP contribution >= 0.6 is 0 Å². The Morgan fingerprint density at radius 3 is 2.85 bits per heavy atom. The number of hydrogen-bond donors (Lipinski definition) is 1. The van der Waals surface area contributed by atoms with Gasteiger partial charge in [0, 0.05) is 20.1 Å². The summed E-state index contributed by atoms with van der Waals surface area (Å²) in [6.07, 6.45) is 3.30. The first-order valence-corrected chi connectivity index (χ1v) is 7.17. The van der Waals surface area contributed by atoms with Crippen LogP contribution in [0.1, 0.15) is 36.9 Å². The molecule has 0 bridgehead atoms. The minimum atomic E-state index is -0.164. The van der Waals surface area contributed by atoms with Crippen molar-refractivity contribution < 1.29 is 9.53 Å². The van der Waals surface area contributed by atoms with Gasteiger partial charge in [0.25, 0.3) is 0 Å². The Kier molecular flexibility index (Phi) is 4.65. The summed E-state index contributed by atoms with van der Waals surface area (Å²) in [6.45, 7) is 1.93. The van der Waals surface area contributed by atoms with Crippen LogP contribution in [0.15, 0.2) is 18.2 Å². The van der Waals surface area contributed by atoms with Gasteiger partial charge in [0.1, 0.15) is 5.75 Å². The van der Waals surface area contributed by atoms with Crippen molar-refractivity contribution in [2.45, 2.75) is 38.3 Å². The second-order valence-corrected chi connectivity index (χ2v) is 5.63. The van der Waals surface area contributed by atoms with Crippen LogP contribution in [0.5, 0.6) is 5.75 Å². The van der Waals surface area contributed by atoms with E-state index in [1.54, 1.807) is 26.1 Å². The second-order valence-electron chi connectivity index (χ2n) is 5.63. The number of likely N-dealkylation sites (N-methyl/N-ethyl adjacent to an activating group) is 1. The number of nitrogens with zero attached hydrogens (tertiary/aromatic N) is 1. The van der Waals surface area contributed by atoms with E-state index in [0.717, 1.165) is 25.0 Å². The van der Waals surface area contributed by atoms with Crippen LogP contribution in [0, 0.1) is 0 Å². The average Bonchev–Trinajstić information content (AvgIpc) is 2.45. The first-order chi connectivity index (χ1) is 9.52. The maximum Gasteiger partial charge on any atom is 0.238 e. The fourth-order valence-electron chi connectivity index (χ4n) is 2.85. The van der Waals surface area contributed by atoms with Crippen molar-refractivity contribution in [3.63, 3.8) is 0 Å². The number of amides is 1. The van der Waals surface area contributed by atoms with Crippen LogP contribution in [0.3, 0.4) is 0 Å². The lowest BCUT2D eigenvalue weighted by Crippen LogP contribution is -2.43. The van der Waals surface area contributed by atoms with Gasteiger partial charge in [-0.3, -0.25) is 10.1 Å². The molecule has 0 fully saturated rings. The third-order valence-corrected chi connectivity index (χ3v) is 3.93. The first kappa shape index (κ1) is 14.9. The van der Waals surface area contributed by atoms with E-state index in [2.05, 4.69) is 17.4 Å². The summed E-state index contributed by atoms with van der Waals surface area (Å²) in [5.41, 5.74) is 2.63. The second kappa shape index (κ2) is 6.27. The minimum Gasteiger partial charge on any atom is -0.497 e. The Morgan fingerprint density at radius 1 is 1.45 bits per heavy atom. The highest BCUT2D eigenvalue weighted by Crippen LogP contribution is 2.32. The average molecular weight is 276 g/mol. The monoisotopic (exact) mass is 276 g/mol. The molecular formula is C16H24N2O2. The van der Waals surface area contributed by atoms with Crippen LogP contribution < -0.4 is 10.1 Å². The smallest absolute Gasteiger partial charge is 0.238 e. The van der Waals surface area contributed by atoms with Gasteiger partial charge in [-0.1, -0.05) is 6.07 Å². The zero-order valence-corrected chi connectivity index (χ0v) is 12.8. The van der Waals surface area contributed by atoms with Gasteiger partial charge < -0.3 is 9.64 Å². The molecule has 2 unspecified atom stereocenters. The fourth-order valence-corrected chi connectivity index (χ4v) is 2.85. The van der Waals surface area contributed by atoms with Gasteiger partial charge in [0.05, 0.1) is 13.2 Å². The molecule has 1 aromatic carbocycles. The normalized spacial score (nSPS) is 19.1. The van der Waals surface area contributed by atoms with E-state index in [-0.39, 0.29) is 18.0 Å². The van der Waals surface area contributed by atoms with E-state index in [0.29, 0.717) is 0 Å². The van der Waals surface area contributed by atoms with Gasteiger partial charge in [-0.2, -0.15) is 0 Å². The Balaban J connectivity index is 2.14. The highest BCUT2D eigenvalue weighted by molar-refractivity contribution is 5.81. The highest BCUT2D eigenvalue weighted by atomic mass is 16.5. The van der Waals surface area contributed by atoms with Crippen molar-refractivity contribution in [1.29, 1.82) is 0 Å². The van der Waals surface area contributed by atoms with E-state index in [9.17, 15) is 4.79 Å². The number of hydrogen-bond acceptors (Lipinski definition) is 3. The maximum atomic E-state index is 12.0. The van der Waals surface area contributed by atoms with Gasteiger partial charge >= 0.3 is 0 Å². The summed E-state index contributed by atoms with van der Waals surface area (Å²) in [4.78, 5) is 13.6. The molecule has 1 aliphatic carbocycles. The molecular weight excluding hydrogens is 252 g/mol. The molecule has 0 aromatic heterocycles. The van der Waals surface area contributed by atoms with Crippen molar-refractivity contribution in [2.24, 2.45) is 0 Å². The van der Waals surface area contributed by atoms with Crippen molar-refractivity contribution in [2.75, 3.05) is 21.2 Å². The standard InChI is InChI=1S/C16H24N2O2/c1-11(16(19)18(2)3)17-15-7-5-6-12-10-13(20-4)8-9-14(12)15/h8-11,15,17H,5-7H2,1-4H3. The molecule has 0 heterocycles. The number of nitrogens with one attached hydrogen (secondary N) is 1. The quantitative estimate of drug-likeness (QED) is 0.916. The topological polar surface area (TPSA) is 41.6 Å². The molecule has 2 atom stereocenters. The minimum absolute atomic E-state index is 0.116. The number of ether oxygens (including phenoxy) is 1. The summed E-state index contributed by atoms with van der Waals surface area (Å²) in [6, 6.07) is 6.32. The van der Waals surface area contributed by atoms with Gasteiger partial charge in [-0.25, -0.2) is 0 Å². The number of aryl methyl sites for hydroxylation is 1. The van der Waals surface area contributed by atoms with Crippen LogP contribution in [0.4, 0.5) is 0 Å². The molecule has 1 aliphatic rings. The molecule has 4 heteroatoms. The third-order valence-electron chi connectivity index (χ3n) is 3.93. The van der Waals surface area contributed by atoms with Crippen molar-refractivity contribution in [1.82, 2.24) is 10.2 Å². The number of carbonyl (C=O) groups is 1. The molecule has 20 heavy (non-hydrogen) atoms. The lowest BCUT2D eigenvalue weighted by atomic mass is 9.87. The number of carbonyl (C=O) groups excluding carboxylic acids is 1. The molecule has 1 aromatic rings. The molecule has 1 amide bonds. The number of benzene rings is 1. The van der Waals surface area contributed by atoms with Crippen LogP contribution in [-0.4, -0.2) is 38.1 Å². The van der Waals surface area contributed by atoms with Gasteiger partial charge in [-0.05, 0) is 49.4 Å². The summed E-state index contributed by atoms with van der Waals surface area (Å²) in [5.74, 6) is 1.02. The van der Waals surface area contributed by atoms with E-state index < -0.39 is 0 Å². The van der Waals surface area contributed by atoms with Crippen LogP contribution in [0.25, 0.3) is 0 Å². The van der Waals surface area contributed by atoms with Crippen molar-refractivity contribution in [3.05, 3.63) is 29.3 Å². The van der Waals surface area contributed by atoms with E-state index in [4.69, 9.17) is 4.74 Å². The van der Waals surface area contributed by atoms with E-state index in [1.165, 1.54) is 11.1 Å². The Morgan fingerprint density at radius 2 is 2.20 bits per heavy atom. The number of fused-ring (bicyclic) bond motifs is 1. The predicted octanol–water partition coefficient (Wildman–Crippen LogP) is 2.14. The summed E-state index contributed by atoms with van der Waals surface area (Å²) < 4.78 is 5.29. The van der Waals surface area contributed by atoms with Crippen LogP contribution in [0.2, 0.25) is 0 Å². The van der Waals surface area contributed by atoms with Crippen molar-refractivity contribution in [3.8, 4) is 5.75 Å². The molecule has 0 saturated carbocycles. The first-order valence-electron chi connectivity index (χ1n) is 7.17. The third kappa shape index (κ3) is 3.12. The zero-order chi connectivity index (χ0) is 14.7. The molecule has 1 N–H and O–H groups in total. The fraction of sp³-hybridized carbons (Fsp3) is 0.562. The largest absolute Gasteiger partial charge is 0.497 e. The lowest BCUT2D eigenvalue weighted by molar-refractivity contribution is -0.130. The van der Waals surface area contributed by atoms with Crippen molar-refractivity contribution >= 4 is 5.91 Å². The lowest BCUT2D eigenvalue weighted by Gasteiger charge is -2.30. The maximum absolute atomic E-state index is 12.0. The number of methoxy groups -OCH3 is 1. The van der Waals surface area contributed by atoms with Crippen LogP contribution in [-0.2, 0) is 11.2 Å². The summed E-state index contributed by atoms with van der Waals surface area (Å²) in [7, 11) is 5.28. The zero-order valence-electron chi connectivity index (χ0n) is 12.8. The summed E-state index contributed by atoms with van der Waals surface area (Å²) >= 11 is 0. The van der Waals surface area contributed by atoms with E-state index in [1.807, 2.05) is 13.0 Å².